The number of carbonyl (C=O) groups is 1. The number of hydrogen-bond donors (Lipinski definition) is 1. The Morgan fingerprint density at radius 3 is 2.39 bits per heavy atom. The molecular formula is C23H22N4O. The van der Waals surface area contributed by atoms with E-state index < -0.39 is 0 Å². The third kappa shape index (κ3) is 3.39. The monoisotopic (exact) mass is 370 g/mol. The number of pyridine rings is 1. The van der Waals surface area contributed by atoms with Gasteiger partial charge in [0, 0.05) is 11.8 Å². The van der Waals surface area contributed by atoms with Crippen molar-refractivity contribution in [3.8, 4) is 11.1 Å². The van der Waals surface area contributed by atoms with Crippen LogP contribution in [0.15, 0.2) is 79.0 Å². The van der Waals surface area contributed by atoms with Crippen LogP contribution in [0.25, 0.3) is 16.8 Å². The predicted octanol–water partition coefficient (Wildman–Crippen LogP) is 4.52. The Morgan fingerprint density at radius 2 is 1.61 bits per heavy atom. The number of nitrogens with zero attached hydrogens (tertiary/aromatic N) is 3. The van der Waals surface area contributed by atoms with Crippen molar-refractivity contribution in [2.45, 2.75) is 19.9 Å². The third-order valence-corrected chi connectivity index (χ3v) is 4.83. The van der Waals surface area contributed by atoms with Crippen molar-refractivity contribution in [2.75, 3.05) is 0 Å². The molecule has 2 aromatic heterocycles. The number of aromatic nitrogens is 3. The number of nitrogens with one attached hydrogen (secondary N) is 1. The molecule has 2 heterocycles. The summed E-state index contributed by atoms with van der Waals surface area (Å²) in [7, 11) is 0. The summed E-state index contributed by atoms with van der Waals surface area (Å²) in [6, 6.07) is 23.1. The molecule has 2 aromatic carbocycles. The minimum Gasteiger partial charge on any atom is -0.342 e. The highest BCUT2D eigenvalue weighted by atomic mass is 16.1. The summed E-state index contributed by atoms with van der Waals surface area (Å²) in [6.45, 7) is 4.14. The summed E-state index contributed by atoms with van der Waals surface area (Å²) in [5.41, 5.74) is 3.34. The van der Waals surface area contributed by atoms with Crippen LogP contribution >= 0.6 is 0 Å². The lowest BCUT2D eigenvalue weighted by molar-refractivity contribution is 0.0923. The van der Waals surface area contributed by atoms with Crippen LogP contribution in [-0.2, 0) is 0 Å². The van der Waals surface area contributed by atoms with E-state index in [1.54, 1.807) is 0 Å². The van der Waals surface area contributed by atoms with Crippen LogP contribution in [0.5, 0.6) is 0 Å². The molecule has 0 aliphatic rings. The average molecular weight is 370 g/mol. The fraction of sp³-hybridized carbons (Fsp3) is 0.174. The standard InChI is InChI=1S/C23H22N4O/c1-16(2)21(22-26-25-20-14-8-9-15-27(20)22)24-23(28)19-13-7-6-12-18(19)17-10-4-3-5-11-17/h3-16,21H,1-2H3,(H,24,28)/t21-/m0/s1. The molecule has 0 saturated heterocycles. The highest BCUT2D eigenvalue weighted by molar-refractivity contribution is 6.01. The van der Waals surface area contributed by atoms with Crippen LogP contribution in [0, 0.1) is 5.92 Å². The summed E-state index contributed by atoms with van der Waals surface area (Å²) in [4.78, 5) is 13.2. The number of rotatable bonds is 5. The van der Waals surface area contributed by atoms with Crippen LogP contribution in [-0.4, -0.2) is 20.5 Å². The molecule has 0 fully saturated rings. The zero-order chi connectivity index (χ0) is 19.5. The molecule has 0 saturated carbocycles. The van der Waals surface area contributed by atoms with Crippen molar-refractivity contribution in [1.82, 2.24) is 19.9 Å². The van der Waals surface area contributed by atoms with Crippen LogP contribution in [0.2, 0.25) is 0 Å². The quantitative estimate of drug-likeness (QED) is 0.562. The summed E-state index contributed by atoms with van der Waals surface area (Å²) in [5.74, 6) is 0.766. The van der Waals surface area contributed by atoms with Gasteiger partial charge in [-0.3, -0.25) is 9.20 Å². The lowest BCUT2D eigenvalue weighted by Gasteiger charge is -2.21. The van der Waals surface area contributed by atoms with Gasteiger partial charge in [-0.15, -0.1) is 10.2 Å². The lowest BCUT2D eigenvalue weighted by atomic mass is 9.98. The number of carbonyl (C=O) groups excluding carboxylic acids is 1. The highest BCUT2D eigenvalue weighted by Gasteiger charge is 2.25. The first kappa shape index (κ1) is 17.9. The minimum absolute atomic E-state index is 0.120. The van der Waals surface area contributed by atoms with Crippen molar-refractivity contribution in [1.29, 1.82) is 0 Å². The van der Waals surface area contributed by atoms with E-state index in [9.17, 15) is 4.79 Å². The van der Waals surface area contributed by atoms with E-state index in [1.807, 2.05) is 83.4 Å². The first-order valence-electron chi connectivity index (χ1n) is 9.40. The molecule has 0 radical (unpaired) electrons. The SMILES string of the molecule is CC(C)[C@H](NC(=O)c1ccccc1-c1ccccc1)c1nnc2ccccn12. The molecule has 0 bridgehead atoms. The van der Waals surface area contributed by atoms with Gasteiger partial charge in [0.25, 0.3) is 5.91 Å². The molecule has 4 aromatic rings. The minimum atomic E-state index is -0.256. The van der Waals surface area contributed by atoms with Crippen LogP contribution < -0.4 is 5.32 Å². The number of benzene rings is 2. The topological polar surface area (TPSA) is 59.3 Å². The maximum atomic E-state index is 13.2. The van der Waals surface area contributed by atoms with Crippen LogP contribution in [0.3, 0.4) is 0 Å². The maximum Gasteiger partial charge on any atom is 0.252 e. The number of hydrogen-bond acceptors (Lipinski definition) is 3. The zero-order valence-electron chi connectivity index (χ0n) is 15.9. The Balaban J connectivity index is 1.69. The van der Waals surface area contributed by atoms with E-state index in [-0.39, 0.29) is 17.9 Å². The van der Waals surface area contributed by atoms with E-state index >= 15 is 0 Å². The van der Waals surface area contributed by atoms with Crippen molar-refractivity contribution >= 4 is 11.6 Å². The Hall–Kier alpha value is -3.47. The molecular weight excluding hydrogens is 348 g/mol. The van der Waals surface area contributed by atoms with E-state index in [0.717, 1.165) is 22.6 Å². The Bertz CT molecular complexity index is 1100. The van der Waals surface area contributed by atoms with Crippen molar-refractivity contribution in [3.63, 3.8) is 0 Å². The van der Waals surface area contributed by atoms with Gasteiger partial charge in [-0.1, -0.05) is 68.4 Å². The largest absolute Gasteiger partial charge is 0.342 e. The fourth-order valence-corrected chi connectivity index (χ4v) is 3.37. The maximum absolute atomic E-state index is 13.2. The van der Waals surface area contributed by atoms with Gasteiger partial charge in [0.2, 0.25) is 0 Å². The van der Waals surface area contributed by atoms with Gasteiger partial charge in [-0.05, 0) is 35.2 Å². The second kappa shape index (κ2) is 7.64. The fourth-order valence-electron chi connectivity index (χ4n) is 3.37. The number of fused-ring (bicyclic) bond motifs is 1. The molecule has 0 aliphatic carbocycles. The van der Waals surface area contributed by atoms with E-state index in [2.05, 4.69) is 29.4 Å². The summed E-state index contributed by atoms with van der Waals surface area (Å²) in [5, 5.41) is 11.7. The van der Waals surface area contributed by atoms with Crippen LogP contribution in [0.1, 0.15) is 36.1 Å². The predicted molar refractivity (Wildman–Crippen MR) is 110 cm³/mol. The molecule has 4 rings (SSSR count). The average Bonchev–Trinajstić information content (AvgIpc) is 3.16. The summed E-state index contributed by atoms with van der Waals surface area (Å²) < 4.78 is 1.92. The van der Waals surface area contributed by atoms with Gasteiger partial charge in [0.05, 0.1) is 6.04 Å². The molecule has 1 N–H and O–H groups in total. The van der Waals surface area contributed by atoms with Crippen molar-refractivity contribution in [2.24, 2.45) is 5.92 Å². The second-order valence-corrected chi connectivity index (χ2v) is 7.09. The molecule has 140 valence electrons. The van der Waals surface area contributed by atoms with E-state index in [4.69, 9.17) is 0 Å². The second-order valence-electron chi connectivity index (χ2n) is 7.09. The Kier molecular flexibility index (Phi) is 4.89. The van der Waals surface area contributed by atoms with Crippen molar-refractivity contribution in [3.05, 3.63) is 90.4 Å². The Morgan fingerprint density at radius 1 is 0.893 bits per heavy atom. The van der Waals surface area contributed by atoms with Gasteiger partial charge in [0.1, 0.15) is 0 Å². The molecule has 0 spiro atoms. The van der Waals surface area contributed by atoms with Gasteiger partial charge in [0.15, 0.2) is 11.5 Å². The number of amides is 1. The molecule has 5 nitrogen and oxygen atoms in total. The van der Waals surface area contributed by atoms with Crippen LogP contribution in [0.4, 0.5) is 0 Å². The van der Waals surface area contributed by atoms with E-state index in [1.165, 1.54) is 0 Å². The lowest BCUT2D eigenvalue weighted by Crippen LogP contribution is -2.33. The summed E-state index contributed by atoms with van der Waals surface area (Å²) >= 11 is 0. The zero-order valence-corrected chi connectivity index (χ0v) is 15.9. The van der Waals surface area contributed by atoms with Crippen molar-refractivity contribution < 1.29 is 4.79 Å². The van der Waals surface area contributed by atoms with Gasteiger partial charge >= 0.3 is 0 Å². The summed E-state index contributed by atoms with van der Waals surface area (Å²) in [6.07, 6.45) is 1.92. The molecule has 0 aliphatic heterocycles. The molecule has 0 unspecified atom stereocenters. The molecule has 1 atom stereocenters. The van der Waals surface area contributed by atoms with Gasteiger partial charge in [-0.25, -0.2) is 0 Å². The first-order valence-corrected chi connectivity index (χ1v) is 9.40. The molecule has 28 heavy (non-hydrogen) atoms. The Labute approximate surface area is 164 Å². The molecule has 1 amide bonds. The first-order chi connectivity index (χ1) is 13.6. The highest BCUT2D eigenvalue weighted by Crippen LogP contribution is 2.26. The molecule has 5 heteroatoms. The van der Waals surface area contributed by atoms with E-state index in [0.29, 0.717) is 5.56 Å². The third-order valence-electron chi connectivity index (χ3n) is 4.83. The van der Waals surface area contributed by atoms with Gasteiger partial charge < -0.3 is 5.32 Å². The normalized spacial score (nSPS) is 12.2. The van der Waals surface area contributed by atoms with Gasteiger partial charge in [-0.2, -0.15) is 0 Å². The smallest absolute Gasteiger partial charge is 0.252 e.